The first-order valence-corrected chi connectivity index (χ1v) is 6.34. The van der Waals surface area contributed by atoms with Crippen LogP contribution < -0.4 is 19.9 Å². The summed E-state index contributed by atoms with van der Waals surface area (Å²) < 4.78 is 21.1. The molecule has 7 heteroatoms. The maximum Gasteiger partial charge on any atom is 0.258 e. The second-order valence-corrected chi connectivity index (χ2v) is 5.06. The van der Waals surface area contributed by atoms with Crippen LogP contribution >= 0.6 is 0 Å². The van der Waals surface area contributed by atoms with Gasteiger partial charge in [-0.2, -0.15) is 4.98 Å². The van der Waals surface area contributed by atoms with Crippen LogP contribution in [0.3, 0.4) is 0 Å². The van der Waals surface area contributed by atoms with Gasteiger partial charge in [0.05, 0.1) is 26.9 Å². The SMILES string of the molecule is COc1cc(-c2nc(C(C)(C)N)no2)cc(OC)c1OC. The van der Waals surface area contributed by atoms with Gasteiger partial charge >= 0.3 is 0 Å². The van der Waals surface area contributed by atoms with Crippen LogP contribution in [0.25, 0.3) is 11.5 Å². The Bertz CT molecular complexity index is 606. The Morgan fingerprint density at radius 3 is 2.00 bits per heavy atom. The Hall–Kier alpha value is -2.28. The molecule has 0 atom stereocenters. The van der Waals surface area contributed by atoms with E-state index in [9.17, 15) is 0 Å². The van der Waals surface area contributed by atoms with E-state index < -0.39 is 5.54 Å². The third kappa shape index (κ3) is 2.92. The Balaban J connectivity index is 2.51. The summed E-state index contributed by atoms with van der Waals surface area (Å²) in [5, 5.41) is 3.89. The number of hydrogen-bond acceptors (Lipinski definition) is 7. The fourth-order valence-electron chi connectivity index (χ4n) is 1.81. The largest absolute Gasteiger partial charge is 0.493 e. The summed E-state index contributed by atoms with van der Waals surface area (Å²) in [5.74, 6) is 2.29. The standard InChI is InChI=1S/C14H19N3O4/c1-14(2,15)13-16-12(21-17-13)8-6-9(18-3)11(20-5)10(7-8)19-4/h6-7H,15H2,1-5H3. The van der Waals surface area contributed by atoms with Crippen molar-refractivity contribution in [2.75, 3.05) is 21.3 Å². The zero-order chi connectivity index (χ0) is 15.6. The Morgan fingerprint density at radius 1 is 1.05 bits per heavy atom. The molecule has 1 aromatic carbocycles. The van der Waals surface area contributed by atoms with Crippen LogP contribution in [0.2, 0.25) is 0 Å². The molecule has 2 N–H and O–H groups in total. The molecule has 2 aromatic rings. The van der Waals surface area contributed by atoms with Crippen LogP contribution in [0, 0.1) is 0 Å². The summed E-state index contributed by atoms with van der Waals surface area (Å²) in [6, 6.07) is 3.48. The lowest BCUT2D eigenvalue weighted by atomic mass is 10.1. The fraction of sp³-hybridized carbons (Fsp3) is 0.429. The average Bonchev–Trinajstić information content (AvgIpc) is 2.95. The molecule has 0 radical (unpaired) electrons. The fourth-order valence-corrected chi connectivity index (χ4v) is 1.81. The van der Waals surface area contributed by atoms with Gasteiger partial charge in [0, 0.05) is 5.56 Å². The van der Waals surface area contributed by atoms with Gasteiger partial charge in [-0.15, -0.1) is 0 Å². The smallest absolute Gasteiger partial charge is 0.258 e. The lowest BCUT2D eigenvalue weighted by Crippen LogP contribution is -2.30. The molecule has 114 valence electrons. The maximum absolute atomic E-state index is 5.95. The molecule has 7 nitrogen and oxygen atoms in total. The molecule has 1 aromatic heterocycles. The Kier molecular flexibility index (Phi) is 4.04. The predicted octanol–water partition coefficient (Wildman–Crippen LogP) is 1.96. The Morgan fingerprint density at radius 2 is 1.62 bits per heavy atom. The summed E-state index contributed by atoms with van der Waals surface area (Å²) in [6.07, 6.45) is 0. The second kappa shape index (κ2) is 5.61. The summed E-state index contributed by atoms with van der Waals surface area (Å²) >= 11 is 0. The summed E-state index contributed by atoms with van der Waals surface area (Å²) in [4.78, 5) is 4.30. The quantitative estimate of drug-likeness (QED) is 0.900. The van der Waals surface area contributed by atoms with E-state index in [4.69, 9.17) is 24.5 Å². The summed E-state index contributed by atoms with van der Waals surface area (Å²) in [6.45, 7) is 3.60. The molecule has 0 aliphatic rings. The van der Waals surface area contributed by atoms with Gasteiger partial charge in [-0.1, -0.05) is 5.16 Å². The third-order valence-corrected chi connectivity index (χ3v) is 2.91. The molecular formula is C14H19N3O4. The van der Waals surface area contributed by atoms with Crippen molar-refractivity contribution in [3.8, 4) is 28.7 Å². The van der Waals surface area contributed by atoms with Gasteiger partial charge in [0.15, 0.2) is 17.3 Å². The first-order chi connectivity index (χ1) is 9.90. The van der Waals surface area contributed by atoms with Gasteiger partial charge in [-0.25, -0.2) is 0 Å². The van der Waals surface area contributed by atoms with Gasteiger partial charge < -0.3 is 24.5 Å². The van der Waals surface area contributed by atoms with Crippen molar-refractivity contribution in [1.82, 2.24) is 10.1 Å². The van der Waals surface area contributed by atoms with Crippen molar-refractivity contribution in [3.63, 3.8) is 0 Å². The van der Waals surface area contributed by atoms with Gasteiger partial charge in [0.25, 0.3) is 5.89 Å². The summed E-state index contributed by atoms with van der Waals surface area (Å²) in [5.41, 5.74) is 5.93. The van der Waals surface area contributed by atoms with Gasteiger partial charge in [-0.05, 0) is 26.0 Å². The highest BCUT2D eigenvalue weighted by atomic mass is 16.5. The molecule has 0 saturated carbocycles. The minimum absolute atomic E-state index is 0.336. The van der Waals surface area contributed by atoms with Crippen molar-refractivity contribution in [1.29, 1.82) is 0 Å². The molecule has 2 rings (SSSR count). The van der Waals surface area contributed by atoms with Gasteiger partial charge in [0.1, 0.15) is 0 Å². The number of nitrogens with zero attached hydrogens (tertiary/aromatic N) is 2. The lowest BCUT2D eigenvalue weighted by molar-refractivity contribution is 0.324. The van der Waals surface area contributed by atoms with Crippen LogP contribution in [0.4, 0.5) is 0 Å². The zero-order valence-corrected chi connectivity index (χ0v) is 12.8. The minimum Gasteiger partial charge on any atom is -0.493 e. The molecule has 0 saturated heterocycles. The van der Waals surface area contributed by atoms with Crippen molar-refractivity contribution in [3.05, 3.63) is 18.0 Å². The summed E-state index contributed by atoms with van der Waals surface area (Å²) in [7, 11) is 4.63. The van der Waals surface area contributed by atoms with E-state index in [0.29, 0.717) is 34.5 Å². The molecule has 0 spiro atoms. The number of rotatable bonds is 5. The highest BCUT2D eigenvalue weighted by molar-refractivity contribution is 5.65. The average molecular weight is 293 g/mol. The van der Waals surface area contributed by atoms with Gasteiger partial charge in [0.2, 0.25) is 5.75 Å². The van der Waals surface area contributed by atoms with Crippen LogP contribution in [-0.2, 0) is 5.54 Å². The van der Waals surface area contributed by atoms with E-state index in [1.165, 1.54) is 0 Å². The van der Waals surface area contributed by atoms with E-state index in [0.717, 1.165) is 0 Å². The van der Waals surface area contributed by atoms with E-state index in [2.05, 4.69) is 10.1 Å². The van der Waals surface area contributed by atoms with E-state index >= 15 is 0 Å². The van der Waals surface area contributed by atoms with Gasteiger partial charge in [-0.3, -0.25) is 0 Å². The number of methoxy groups -OCH3 is 3. The number of aromatic nitrogens is 2. The third-order valence-electron chi connectivity index (χ3n) is 2.91. The first kappa shape index (κ1) is 15.1. The van der Waals surface area contributed by atoms with E-state index in [1.54, 1.807) is 47.3 Å². The lowest BCUT2D eigenvalue weighted by Gasteiger charge is -2.13. The number of hydrogen-bond donors (Lipinski definition) is 1. The van der Waals surface area contributed by atoms with Crippen LogP contribution in [0.15, 0.2) is 16.7 Å². The monoisotopic (exact) mass is 293 g/mol. The highest BCUT2D eigenvalue weighted by Gasteiger charge is 2.23. The number of ether oxygens (including phenoxy) is 3. The Labute approximate surface area is 123 Å². The van der Waals surface area contributed by atoms with Crippen molar-refractivity contribution >= 4 is 0 Å². The van der Waals surface area contributed by atoms with Crippen molar-refractivity contribution in [2.24, 2.45) is 5.73 Å². The molecular weight excluding hydrogens is 274 g/mol. The molecule has 0 aliphatic carbocycles. The minimum atomic E-state index is -0.678. The van der Waals surface area contributed by atoms with Crippen molar-refractivity contribution < 1.29 is 18.7 Å². The molecule has 1 heterocycles. The number of benzene rings is 1. The number of nitrogens with two attached hydrogens (primary N) is 1. The first-order valence-electron chi connectivity index (χ1n) is 6.34. The van der Waals surface area contributed by atoms with Crippen molar-refractivity contribution in [2.45, 2.75) is 19.4 Å². The predicted molar refractivity (Wildman–Crippen MR) is 76.6 cm³/mol. The van der Waals surface area contributed by atoms with Crippen LogP contribution in [0.5, 0.6) is 17.2 Å². The topological polar surface area (TPSA) is 92.6 Å². The molecule has 0 unspecified atom stereocenters. The molecule has 21 heavy (non-hydrogen) atoms. The molecule has 0 amide bonds. The van der Waals surface area contributed by atoms with Crippen LogP contribution in [0.1, 0.15) is 19.7 Å². The highest BCUT2D eigenvalue weighted by Crippen LogP contribution is 2.40. The van der Waals surface area contributed by atoms with E-state index in [-0.39, 0.29) is 0 Å². The molecule has 0 aliphatic heterocycles. The van der Waals surface area contributed by atoms with Crippen LogP contribution in [-0.4, -0.2) is 31.5 Å². The molecule has 0 fully saturated rings. The second-order valence-electron chi connectivity index (χ2n) is 5.06. The normalized spacial score (nSPS) is 11.3. The zero-order valence-electron chi connectivity index (χ0n) is 12.8. The van der Waals surface area contributed by atoms with E-state index in [1.807, 2.05) is 0 Å². The molecule has 0 bridgehead atoms. The maximum atomic E-state index is 5.95.